The van der Waals surface area contributed by atoms with Gasteiger partial charge in [0.05, 0.1) is 11.6 Å². The Bertz CT molecular complexity index is 653. The van der Waals surface area contributed by atoms with Crippen LogP contribution in [-0.4, -0.2) is 0 Å². The fourth-order valence-electron chi connectivity index (χ4n) is 2.29. The Hall–Kier alpha value is -2.27. The molecule has 0 aliphatic rings. The van der Waals surface area contributed by atoms with Crippen molar-refractivity contribution in [1.29, 1.82) is 5.26 Å². The molecule has 2 rings (SSSR count). The lowest BCUT2D eigenvalue weighted by atomic mass is 9.98. The highest BCUT2D eigenvalue weighted by Crippen LogP contribution is 2.21. The molecule has 0 radical (unpaired) electrons. The fourth-order valence-corrected chi connectivity index (χ4v) is 2.29. The van der Waals surface area contributed by atoms with Gasteiger partial charge in [-0.15, -0.1) is 0 Å². The lowest BCUT2D eigenvalue weighted by Crippen LogP contribution is -2.00. The summed E-state index contributed by atoms with van der Waals surface area (Å²) in [6.45, 7) is 7.07. The van der Waals surface area contributed by atoms with E-state index in [1.807, 2.05) is 24.3 Å². The molecule has 2 aromatic rings. The summed E-state index contributed by atoms with van der Waals surface area (Å²) in [5.41, 5.74) is 4.33. The van der Waals surface area contributed by atoms with E-state index in [2.05, 4.69) is 39.0 Å². The Kier molecular flexibility index (Phi) is 5.00. The summed E-state index contributed by atoms with van der Waals surface area (Å²) in [4.78, 5) is 0. The summed E-state index contributed by atoms with van der Waals surface area (Å²) in [5, 5.41) is 8.91. The first-order chi connectivity index (χ1) is 10.1. The molecule has 0 unspecified atom stereocenters. The third kappa shape index (κ3) is 4.36. The SMILES string of the molecule is Cc1ccc(OCc2cccc(C#N)c2)cc1CC(C)C. The van der Waals surface area contributed by atoms with E-state index in [-0.39, 0.29) is 0 Å². The standard InChI is InChI=1S/C19H21NO/c1-14(2)9-18-11-19(8-7-15(18)3)21-13-17-6-4-5-16(10-17)12-20/h4-8,10-11,14H,9,13H2,1-3H3. The second-order valence-electron chi connectivity index (χ2n) is 5.79. The van der Waals surface area contributed by atoms with Crippen LogP contribution in [0.15, 0.2) is 42.5 Å². The second-order valence-corrected chi connectivity index (χ2v) is 5.79. The summed E-state index contributed by atoms with van der Waals surface area (Å²) in [7, 11) is 0. The van der Waals surface area contributed by atoms with Crippen molar-refractivity contribution in [3.05, 3.63) is 64.7 Å². The van der Waals surface area contributed by atoms with Gasteiger partial charge in [0.25, 0.3) is 0 Å². The lowest BCUT2D eigenvalue weighted by molar-refractivity contribution is 0.305. The minimum Gasteiger partial charge on any atom is -0.489 e. The monoisotopic (exact) mass is 279 g/mol. The number of hydrogen-bond donors (Lipinski definition) is 0. The number of nitriles is 1. The van der Waals surface area contributed by atoms with E-state index in [1.54, 1.807) is 6.07 Å². The average molecular weight is 279 g/mol. The van der Waals surface area contributed by atoms with Crippen molar-refractivity contribution in [2.45, 2.75) is 33.8 Å². The van der Waals surface area contributed by atoms with Gasteiger partial charge in [0.1, 0.15) is 12.4 Å². The predicted octanol–water partition coefficient (Wildman–Crippen LogP) is 4.64. The molecule has 0 aliphatic heterocycles. The first-order valence-electron chi connectivity index (χ1n) is 7.30. The Morgan fingerprint density at radius 1 is 1.14 bits per heavy atom. The van der Waals surface area contributed by atoms with Gasteiger partial charge in [0.15, 0.2) is 0 Å². The second kappa shape index (κ2) is 6.95. The zero-order valence-corrected chi connectivity index (χ0v) is 12.9. The summed E-state index contributed by atoms with van der Waals surface area (Å²) in [6, 6.07) is 15.9. The molecule has 2 heteroatoms. The topological polar surface area (TPSA) is 33.0 Å². The van der Waals surface area contributed by atoms with Gasteiger partial charge in [0, 0.05) is 0 Å². The molecule has 21 heavy (non-hydrogen) atoms. The van der Waals surface area contributed by atoms with Gasteiger partial charge in [0.2, 0.25) is 0 Å². The van der Waals surface area contributed by atoms with Gasteiger partial charge >= 0.3 is 0 Å². The van der Waals surface area contributed by atoms with Gasteiger partial charge in [-0.1, -0.05) is 32.0 Å². The Morgan fingerprint density at radius 3 is 2.67 bits per heavy atom. The van der Waals surface area contributed by atoms with E-state index in [0.717, 1.165) is 17.7 Å². The van der Waals surface area contributed by atoms with Gasteiger partial charge in [-0.3, -0.25) is 0 Å². The van der Waals surface area contributed by atoms with Crippen LogP contribution >= 0.6 is 0 Å². The van der Waals surface area contributed by atoms with Crippen molar-refractivity contribution in [3.63, 3.8) is 0 Å². The minimum absolute atomic E-state index is 0.486. The summed E-state index contributed by atoms with van der Waals surface area (Å²) >= 11 is 0. The summed E-state index contributed by atoms with van der Waals surface area (Å²) in [5.74, 6) is 1.52. The number of ether oxygens (including phenoxy) is 1. The first kappa shape index (κ1) is 15.1. The van der Waals surface area contributed by atoms with Crippen LogP contribution in [0.2, 0.25) is 0 Å². The van der Waals surface area contributed by atoms with Gasteiger partial charge in [-0.05, 0) is 60.2 Å². The number of aryl methyl sites for hydroxylation is 1. The molecular weight excluding hydrogens is 258 g/mol. The molecule has 2 nitrogen and oxygen atoms in total. The zero-order valence-electron chi connectivity index (χ0n) is 12.9. The lowest BCUT2D eigenvalue weighted by Gasteiger charge is -2.12. The predicted molar refractivity (Wildman–Crippen MR) is 85.2 cm³/mol. The maximum Gasteiger partial charge on any atom is 0.120 e. The molecule has 0 N–H and O–H groups in total. The molecule has 0 saturated carbocycles. The molecule has 108 valence electrons. The molecule has 0 spiro atoms. The number of nitrogens with zero attached hydrogens (tertiary/aromatic N) is 1. The van der Waals surface area contributed by atoms with E-state index < -0.39 is 0 Å². The summed E-state index contributed by atoms with van der Waals surface area (Å²) in [6.07, 6.45) is 1.06. The molecule has 0 saturated heterocycles. The smallest absolute Gasteiger partial charge is 0.120 e. The molecular formula is C19H21NO. The van der Waals surface area contributed by atoms with Crippen molar-refractivity contribution < 1.29 is 4.74 Å². The molecule has 0 amide bonds. The van der Waals surface area contributed by atoms with Crippen LogP contribution < -0.4 is 4.74 Å². The maximum atomic E-state index is 8.91. The van der Waals surface area contributed by atoms with Crippen molar-refractivity contribution in [1.82, 2.24) is 0 Å². The Labute approximate surface area is 127 Å². The van der Waals surface area contributed by atoms with E-state index in [4.69, 9.17) is 10.00 Å². The van der Waals surface area contributed by atoms with Gasteiger partial charge in [-0.2, -0.15) is 5.26 Å². The highest BCUT2D eigenvalue weighted by Gasteiger charge is 2.04. The molecule has 0 bridgehead atoms. The van der Waals surface area contributed by atoms with Gasteiger partial charge < -0.3 is 4.74 Å². The van der Waals surface area contributed by atoms with Crippen LogP contribution in [0, 0.1) is 24.2 Å². The first-order valence-corrected chi connectivity index (χ1v) is 7.30. The third-order valence-corrected chi connectivity index (χ3v) is 3.41. The Morgan fingerprint density at radius 2 is 1.95 bits per heavy atom. The fraction of sp³-hybridized carbons (Fsp3) is 0.316. The van der Waals surface area contributed by atoms with Crippen molar-refractivity contribution in [2.75, 3.05) is 0 Å². The van der Waals surface area contributed by atoms with E-state index in [1.165, 1.54) is 11.1 Å². The normalized spacial score (nSPS) is 10.4. The Balaban J connectivity index is 2.07. The van der Waals surface area contributed by atoms with Crippen molar-refractivity contribution >= 4 is 0 Å². The van der Waals surface area contributed by atoms with Gasteiger partial charge in [-0.25, -0.2) is 0 Å². The molecule has 2 aromatic carbocycles. The number of hydrogen-bond acceptors (Lipinski definition) is 2. The molecule has 0 heterocycles. The van der Waals surface area contributed by atoms with Crippen LogP contribution in [0.5, 0.6) is 5.75 Å². The van der Waals surface area contributed by atoms with Crippen molar-refractivity contribution in [3.8, 4) is 11.8 Å². The zero-order chi connectivity index (χ0) is 15.2. The molecule has 0 fully saturated rings. The maximum absolute atomic E-state index is 8.91. The van der Waals surface area contributed by atoms with Crippen LogP contribution in [0.1, 0.15) is 36.1 Å². The highest BCUT2D eigenvalue weighted by atomic mass is 16.5. The summed E-state index contributed by atoms with van der Waals surface area (Å²) < 4.78 is 5.86. The highest BCUT2D eigenvalue weighted by molar-refractivity contribution is 5.36. The quantitative estimate of drug-likeness (QED) is 0.798. The third-order valence-electron chi connectivity index (χ3n) is 3.41. The van der Waals surface area contributed by atoms with E-state index >= 15 is 0 Å². The largest absolute Gasteiger partial charge is 0.489 e. The van der Waals surface area contributed by atoms with Crippen LogP contribution in [0.4, 0.5) is 0 Å². The van der Waals surface area contributed by atoms with Crippen LogP contribution in [-0.2, 0) is 13.0 Å². The minimum atomic E-state index is 0.486. The average Bonchev–Trinajstić information content (AvgIpc) is 2.48. The van der Waals surface area contributed by atoms with Crippen molar-refractivity contribution in [2.24, 2.45) is 5.92 Å². The number of rotatable bonds is 5. The number of benzene rings is 2. The molecule has 0 aliphatic carbocycles. The van der Waals surface area contributed by atoms with E-state index in [0.29, 0.717) is 18.1 Å². The van der Waals surface area contributed by atoms with E-state index in [9.17, 15) is 0 Å². The molecule has 0 atom stereocenters. The van der Waals surface area contributed by atoms with Crippen LogP contribution in [0.25, 0.3) is 0 Å². The van der Waals surface area contributed by atoms with Crippen LogP contribution in [0.3, 0.4) is 0 Å². The molecule has 0 aromatic heterocycles.